The summed E-state index contributed by atoms with van der Waals surface area (Å²) in [7, 11) is -7.03. The van der Waals surface area contributed by atoms with E-state index in [1.165, 1.54) is 0 Å². The van der Waals surface area contributed by atoms with Crippen LogP contribution < -0.4 is 20.1 Å². The van der Waals surface area contributed by atoms with E-state index in [1.807, 2.05) is 0 Å². The van der Waals surface area contributed by atoms with Crippen LogP contribution in [0.3, 0.4) is 0 Å². The third-order valence-corrected chi connectivity index (χ3v) is 11.0. The highest BCUT2D eigenvalue weighted by atomic mass is 32.2. The van der Waals surface area contributed by atoms with Crippen LogP contribution in [-0.2, 0) is 20.0 Å². The van der Waals surface area contributed by atoms with Gasteiger partial charge in [0.2, 0.25) is 20.0 Å². The van der Waals surface area contributed by atoms with Crippen molar-refractivity contribution >= 4 is 37.3 Å². The molecular formula is C34H58N6O6S2. The number of hydrogen-bond donors (Lipinski definition) is 5. The van der Waals surface area contributed by atoms with Gasteiger partial charge < -0.3 is 20.2 Å². The number of aliphatic hydroxyl groups is 1. The molecule has 1 atom stereocenters. The Morgan fingerprint density at radius 1 is 0.646 bits per heavy atom. The average molecular weight is 711 g/mol. The zero-order valence-electron chi connectivity index (χ0n) is 29.2. The maximum atomic E-state index is 12.5. The molecule has 0 aliphatic heterocycles. The number of benzene rings is 2. The van der Waals surface area contributed by atoms with E-state index in [9.17, 15) is 26.7 Å². The molecule has 5 N–H and O–H groups in total. The molecule has 12 nitrogen and oxygen atoms in total. The number of nitrogens with zero attached hydrogens (tertiary/aromatic N) is 2. The lowest BCUT2D eigenvalue weighted by atomic mass is 10.1. The van der Waals surface area contributed by atoms with Crippen molar-refractivity contribution in [3.8, 4) is 0 Å². The normalized spacial score (nSPS) is 12.7. The largest absolute Gasteiger partial charge is 0.374 e. The minimum Gasteiger partial charge on any atom is -0.374 e. The lowest BCUT2D eigenvalue weighted by Crippen LogP contribution is -2.34. The Morgan fingerprint density at radius 3 is 1.52 bits per heavy atom. The van der Waals surface area contributed by atoms with E-state index in [4.69, 9.17) is 0 Å². The molecule has 2 aromatic rings. The first-order valence-electron chi connectivity index (χ1n) is 17.3. The van der Waals surface area contributed by atoms with E-state index >= 15 is 0 Å². The highest BCUT2D eigenvalue weighted by molar-refractivity contribution is 7.92. The van der Waals surface area contributed by atoms with Gasteiger partial charge in [0.15, 0.2) is 0 Å². The standard InChI is InChI=1S/C34H58N6O6S2/c1-5-39(6-2)25-23-35-33(41)29-15-19-31(20-16-29)37-47(43,44)27-13-11-9-10-12-14-28-48(45,46)38-32-21-17-30(18-22-32)34(42)36-24-26-40(7-3)8-4/h15-22,33,35,37-38,41H,5-14,23-28H2,1-4H3,(H,36,42). The van der Waals surface area contributed by atoms with Gasteiger partial charge in [-0.3, -0.25) is 19.6 Å². The van der Waals surface area contributed by atoms with E-state index in [1.54, 1.807) is 48.5 Å². The summed E-state index contributed by atoms with van der Waals surface area (Å²) in [5.41, 5.74) is 2.00. The van der Waals surface area contributed by atoms with Crippen LogP contribution in [0.25, 0.3) is 0 Å². The van der Waals surface area contributed by atoms with Gasteiger partial charge in [-0.1, -0.05) is 65.5 Å². The second kappa shape index (κ2) is 22.1. The molecule has 0 heterocycles. The second-order valence-electron chi connectivity index (χ2n) is 11.8. The number of aliphatic hydroxyl groups excluding tert-OH is 1. The van der Waals surface area contributed by atoms with E-state index < -0.39 is 26.3 Å². The molecule has 0 saturated carbocycles. The summed E-state index contributed by atoms with van der Waals surface area (Å²) in [6.07, 6.45) is 3.26. The number of anilines is 2. The van der Waals surface area contributed by atoms with Crippen molar-refractivity contribution in [2.75, 3.05) is 73.3 Å². The predicted octanol–water partition coefficient (Wildman–Crippen LogP) is 4.20. The molecule has 2 aromatic carbocycles. The third kappa shape index (κ3) is 16.6. The number of carbonyl (C=O) groups is 1. The van der Waals surface area contributed by atoms with Crippen molar-refractivity contribution in [3.05, 3.63) is 59.7 Å². The Morgan fingerprint density at radius 2 is 1.06 bits per heavy atom. The Labute approximate surface area is 289 Å². The van der Waals surface area contributed by atoms with Gasteiger partial charge in [-0.05, 0) is 81.0 Å². The van der Waals surface area contributed by atoms with Crippen LogP contribution in [0.2, 0.25) is 0 Å². The highest BCUT2D eigenvalue weighted by Gasteiger charge is 2.14. The first kappa shape index (κ1) is 41.4. The van der Waals surface area contributed by atoms with Gasteiger partial charge in [-0.25, -0.2) is 16.8 Å². The molecule has 0 aliphatic rings. The minimum atomic E-state index is -3.52. The number of rotatable bonds is 26. The van der Waals surface area contributed by atoms with Gasteiger partial charge in [0.05, 0.1) is 11.5 Å². The van der Waals surface area contributed by atoms with Gasteiger partial charge in [-0.2, -0.15) is 0 Å². The minimum absolute atomic E-state index is 0.000639. The van der Waals surface area contributed by atoms with Crippen LogP contribution in [0.15, 0.2) is 48.5 Å². The quantitative estimate of drug-likeness (QED) is 0.0712. The lowest BCUT2D eigenvalue weighted by Gasteiger charge is -2.20. The fraction of sp³-hybridized carbons (Fsp3) is 0.618. The summed E-state index contributed by atoms with van der Waals surface area (Å²) in [5.74, 6) is -0.206. The molecule has 272 valence electrons. The molecule has 14 heteroatoms. The summed E-state index contributed by atoms with van der Waals surface area (Å²) in [6.45, 7) is 14.9. The molecule has 0 bridgehead atoms. The summed E-state index contributed by atoms with van der Waals surface area (Å²) >= 11 is 0. The summed E-state index contributed by atoms with van der Waals surface area (Å²) in [4.78, 5) is 16.8. The van der Waals surface area contributed by atoms with Crippen LogP contribution >= 0.6 is 0 Å². The number of likely N-dealkylation sites (N-methyl/N-ethyl adjacent to an activating group) is 2. The number of sulfonamides is 2. The average Bonchev–Trinajstić information content (AvgIpc) is 3.06. The van der Waals surface area contributed by atoms with Crippen LogP contribution in [-0.4, -0.2) is 102 Å². The monoisotopic (exact) mass is 710 g/mol. The first-order chi connectivity index (χ1) is 22.9. The van der Waals surface area contributed by atoms with Crippen molar-refractivity contribution in [2.24, 2.45) is 0 Å². The Bertz CT molecular complexity index is 1400. The van der Waals surface area contributed by atoms with Crippen LogP contribution in [0, 0.1) is 0 Å². The molecule has 48 heavy (non-hydrogen) atoms. The maximum Gasteiger partial charge on any atom is 0.251 e. The number of hydrogen-bond acceptors (Lipinski definition) is 9. The predicted molar refractivity (Wildman–Crippen MR) is 196 cm³/mol. The Balaban J connectivity index is 1.61. The SMILES string of the molecule is CCN(CC)CCNC(=O)c1ccc(NS(=O)(=O)CCCCCCCCS(=O)(=O)Nc2ccc(C(O)NCCN(CC)CC)cc2)cc1. The topological polar surface area (TPSA) is 160 Å². The maximum absolute atomic E-state index is 12.5. The zero-order chi connectivity index (χ0) is 35.4. The van der Waals surface area contributed by atoms with E-state index in [0.717, 1.165) is 65.0 Å². The smallest absolute Gasteiger partial charge is 0.251 e. The highest BCUT2D eigenvalue weighted by Crippen LogP contribution is 2.17. The Kier molecular flexibility index (Phi) is 19.0. The molecule has 0 saturated heterocycles. The molecule has 0 aromatic heterocycles. The molecule has 0 fully saturated rings. The van der Waals surface area contributed by atoms with Crippen molar-refractivity contribution in [1.29, 1.82) is 0 Å². The number of carbonyl (C=O) groups excluding carboxylic acids is 1. The molecule has 1 amide bonds. The zero-order valence-corrected chi connectivity index (χ0v) is 30.8. The molecule has 0 aliphatic carbocycles. The molecule has 0 radical (unpaired) electrons. The van der Waals surface area contributed by atoms with Gasteiger partial charge in [-0.15, -0.1) is 0 Å². The first-order valence-corrected chi connectivity index (χ1v) is 20.6. The van der Waals surface area contributed by atoms with Crippen molar-refractivity contribution in [2.45, 2.75) is 72.4 Å². The lowest BCUT2D eigenvalue weighted by molar-refractivity contribution is 0.0949. The van der Waals surface area contributed by atoms with Crippen LogP contribution in [0.4, 0.5) is 11.4 Å². The molecule has 2 rings (SSSR count). The van der Waals surface area contributed by atoms with Crippen molar-refractivity contribution in [1.82, 2.24) is 20.4 Å². The summed E-state index contributed by atoms with van der Waals surface area (Å²) < 4.78 is 55.3. The van der Waals surface area contributed by atoms with E-state index in [-0.39, 0.29) is 17.4 Å². The molecule has 0 spiro atoms. The molecular weight excluding hydrogens is 653 g/mol. The van der Waals surface area contributed by atoms with Gasteiger partial charge in [0, 0.05) is 43.1 Å². The number of amides is 1. The second-order valence-corrected chi connectivity index (χ2v) is 15.5. The number of unbranched alkanes of at least 4 members (excludes halogenated alkanes) is 5. The van der Waals surface area contributed by atoms with Gasteiger partial charge in [0.25, 0.3) is 5.91 Å². The van der Waals surface area contributed by atoms with Crippen molar-refractivity contribution < 1.29 is 26.7 Å². The fourth-order valence-electron chi connectivity index (χ4n) is 5.16. The summed E-state index contributed by atoms with van der Waals surface area (Å²) in [6, 6.07) is 13.1. The van der Waals surface area contributed by atoms with E-state index in [2.05, 4.69) is 57.6 Å². The van der Waals surface area contributed by atoms with E-state index in [0.29, 0.717) is 48.4 Å². The summed E-state index contributed by atoms with van der Waals surface area (Å²) in [5, 5.41) is 16.3. The Hall–Kier alpha value is -2.75. The van der Waals surface area contributed by atoms with Crippen LogP contribution in [0.1, 0.15) is 88.4 Å². The van der Waals surface area contributed by atoms with Gasteiger partial charge >= 0.3 is 0 Å². The fourth-order valence-corrected chi connectivity index (χ4v) is 7.52. The van der Waals surface area contributed by atoms with Gasteiger partial charge in [0.1, 0.15) is 6.23 Å². The molecule has 1 unspecified atom stereocenters. The number of nitrogens with one attached hydrogen (secondary N) is 4. The van der Waals surface area contributed by atoms with Crippen molar-refractivity contribution in [3.63, 3.8) is 0 Å². The third-order valence-electron chi connectivity index (χ3n) is 8.26. The van der Waals surface area contributed by atoms with Crippen LogP contribution in [0.5, 0.6) is 0 Å².